The smallest absolute Gasteiger partial charge is 0.306 e. The monoisotopic (exact) mass is 653 g/mol. The Bertz CT molecular complexity index is 647. The summed E-state index contributed by atoms with van der Waals surface area (Å²) in [6.07, 6.45) is 36.1. The standard InChI is InChI=1S/C41H80O5/c1-37(2)31-27-23-19-15-13-11-9-7-5-6-8-10-12-14-16-21-25-29-33-40(43)45-36-39(35-42)46-41(44)34-30-26-22-18-17-20-24-28-32-38(3)4/h37-39,42H,5-36H2,1-4H3/t39-/m0/s1. The number of hydrogen-bond donors (Lipinski definition) is 1. The van der Waals surface area contributed by atoms with E-state index in [-0.39, 0.29) is 25.2 Å². The minimum atomic E-state index is -0.763. The third-order valence-corrected chi connectivity index (χ3v) is 9.26. The number of rotatable bonds is 36. The third kappa shape index (κ3) is 35.7. The average Bonchev–Trinajstić information content (AvgIpc) is 3.02. The molecular formula is C41H80O5. The number of aliphatic hydroxyl groups excluding tert-OH is 1. The molecule has 274 valence electrons. The Morgan fingerprint density at radius 2 is 0.717 bits per heavy atom. The maximum absolute atomic E-state index is 12.1. The molecule has 5 heteroatoms. The highest BCUT2D eigenvalue weighted by atomic mass is 16.6. The van der Waals surface area contributed by atoms with Crippen LogP contribution in [-0.4, -0.2) is 36.4 Å². The number of ether oxygens (including phenoxy) is 2. The van der Waals surface area contributed by atoms with Crippen LogP contribution in [0.2, 0.25) is 0 Å². The quantitative estimate of drug-likeness (QED) is 0.0538. The molecule has 0 unspecified atom stereocenters. The molecule has 0 amide bonds. The summed E-state index contributed by atoms with van der Waals surface area (Å²) in [6.45, 7) is 8.83. The lowest BCUT2D eigenvalue weighted by atomic mass is 10.0. The van der Waals surface area contributed by atoms with Crippen LogP contribution in [0.5, 0.6) is 0 Å². The molecular weight excluding hydrogens is 572 g/mol. The van der Waals surface area contributed by atoms with Crippen LogP contribution in [-0.2, 0) is 19.1 Å². The third-order valence-electron chi connectivity index (χ3n) is 9.26. The van der Waals surface area contributed by atoms with E-state index in [1.54, 1.807) is 0 Å². The second kappa shape index (κ2) is 35.2. The van der Waals surface area contributed by atoms with Crippen molar-refractivity contribution in [3.8, 4) is 0 Å². The molecule has 0 saturated carbocycles. The first-order valence-electron chi connectivity index (χ1n) is 20.3. The number of unbranched alkanes of at least 4 members (excludes halogenated alkanes) is 24. The Hall–Kier alpha value is -1.10. The summed E-state index contributed by atoms with van der Waals surface area (Å²) in [4.78, 5) is 24.2. The summed E-state index contributed by atoms with van der Waals surface area (Å²) >= 11 is 0. The molecule has 1 N–H and O–H groups in total. The number of carbonyl (C=O) groups excluding carboxylic acids is 2. The van der Waals surface area contributed by atoms with Crippen molar-refractivity contribution in [2.24, 2.45) is 11.8 Å². The van der Waals surface area contributed by atoms with Gasteiger partial charge in [-0.15, -0.1) is 0 Å². The van der Waals surface area contributed by atoms with Crippen LogP contribution in [0, 0.1) is 11.8 Å². The highest BCUT2D eigenvalue weighted by Gasteiger charge is 2.16. The maximum atomic E-state index is 12.1. The van der Waals surface area contributed by atoms with E-state index in [4.69, 9.17) is 9.47 Å². The second-order valence-corrected chi connectivity index (χ2v) is 15.0. The molecule has 1 atom stereocenters. The lowest BCUT2D eigenvalue weighted by molar-refractivity contribution is -0.161. The van der Waals surface area contributed by atoms with Crippen LogP contribution >= 0.6 is 0 Å². The fourth-order valence-electron chi connectivity index (χ4n) is 6.16. The molecule has 0 saturated heterocycles. The highest BCUT2D eigenvalue weighted by Crippen LogP contribution is 2.16. The summed E-state index contributed by atoms with van der Waals surface area (Å²) in [6, 6.07) is 0. The van der Waals surface area contributed by atoms with Gasteiger partial charge in [0.1, 0.15) is 6.61 Å². The van der Waals surface area contributed by atoms with E-state index in [0.29, 0.717) is 12.8 Å². The van der Waals surface area contributed by atoms with E-state index in [1.165, 1.54) is 148 Å². The normalized spacial score (nSPS) is 12.2. The highest BCUT2D eigenvalue weighted by molar-refractivity contribution is 5.70. The van der Waals surface area contributed by atoms with Crippen LogP contribution < -0.4 is 0 Å². The predicted octanol–water partition coefficient (Wildman–Crippen LogP) is 12.4. The van der Waals surface area contributed by atoms with Crippen molar-refractivity contribution in [3.05, 3.63) is 0 Å². The van der Waals surface area contributed by atoms with Crippen molar-refractivity contribution in [1.29, 1.82) is 0 Å². The summed E-state index contributed by atoms with van der Waals surface area (Å²) in [5.41, 5.74) is 0. The molecule has 46 heavy (non-hydrogen) atoms. The predicted molar refractivity (Wildman–Crippen MR) is 196 cm³/mol. The zero-order valence-corrected chi connectivity index (χ0v) is 31.4. The summed E-state index contributed by atoms with van der Waals surface area (Å²) < 4.78 is 10.6. The van der Waals surface area contributed by atoms with Gasteiger partial charge in [-0.05, 0) is 24.7 Å². The molecule has 0 radical (unpaired) electrons. The molecule has 0 aliphatic heterocycles. The summed E-state index contributed by atoms with van der Waals surface area (Å²) in [7, 11) is 0. The molecule has 0 fully saturated rings. The molecule has 0 aromatic carbocycles. The minimum absolute atomic E-state index is 0.0590. The SMILES string of the molecule is CC(C)CCCCCCCCCCCCCCCCCCCCC(=O)OC[C@H](CO)OC(=O)CCCCCCCCCCC(C)C. The fraction of sp³-hybridized carbons (Fsp3) is 0.951. The Kier molecular flexibility index (Phi) is 34.4. The Morgan fingerprint density at radius 1 is 0.435 bits per heavy atom. The van der Waals surface area contributed by atoms with E-state index >= 15 is 0 Å². The molecule has 0 bridgehead atoms. The lowest BCUT2D eigenvalue weighted by Gasteiger charge is -2.15. The van der Waals surface area contributed by atoms with Gasteiger partial charge in [-0.25, -0.2) is 0 Å². The van der Waals surface area contributed by atoms with E-state index in [1.807, 2.05) is 0 Å². The maximum Gasteiger partial charge on any atom is 0.306 e. The van der Waals surface area contributed by atoms with Crippen molar-refractivity contribution in [3.63, 3.8) is 0 Å². The Morgan fingerprint density at radius 3 is 1.02 bits per heavy atom. The van der Waals surface area contributed by atoms with Gasteiger partial charge in [0.2, 0.25) is 0 Å². The van der Waals surface area contributed by atoms with Gasteiger partial charge in [-0.1, -0.05) is 195 Å². The van der Waals surface area contributed by atoms with Crippen LogP contribution in [0.25, 0.3) is 0 Å². The molecule has 0 aliphatic rings. The fourth-order valence-corrected chi connectivity index (χ4v) is 6.16. The van der Waals surface area contributed by atoms with Crippen LogP contribution in [0.3, 0.4) is 0 Å². The van der Waals surface area contributed by atoms with Gasteiger partial charge in [0.05, 0.1) is 6.61 Å². The van der Waals surface area contributed by atoms with Crippen LogP contribution in [0.4, 0.5) is 0 Å². The second-order valence-electron chi connectivity index (χ2n) is 15.0. The van der Waals surface area contributed by atoms with E-state index < -0.39 is 6.10 Å². The average molecular weight is 653 g/mol. The first-order chi connectivity index (χ1) is 22.3. The van der Waals surface area contributed by atoms with Crippen LogP contribution in [0.1, 0.15) is 220 Å². The first kappa shape index (κ1) is 44.9. The zero-order valence-electron chi connectivity index (χ0n) is 31.4. The van der Waals surface area contributed by atoms with E-state index in [2.05, 4.69) is 27.7 Å². The number of hydrogen-bond acceptors (Lipinski definition) is 5. The van der Waals surface area contributed by atoms with Gasteiger partial charge in [0.15, 0.2) is 6.10 Å². The zero-order chi connectivity index (χ0) is 33.9. The van der Waals surface area contributed by atoms with Crippen molar-refractivity contribution in [2.75, 3.05) is 13.2 Å². The molecule has 0 aromatic rings. The van der Waals surface area contributed by atoms with Gasteiger partial charge in [-0.3, -0.25) is 9.59 Å². The van der Waals surface area contributed by atoms with Gasteiger partial charge in [0, 0.05) is 12.8 Å². The van der Waals surface area contributed by atoms with Gasteiger partial charge >= 0.3 is 11.9 Å². The Balaban J connectivity index is 3.46. The van der Waals surface area contributed by atoms with Crippen molar-refractivity contribution >= 4 is 11.9 Å². The first-order valence-corrected chi connectivity index (χ1v) is 20.3. The lowest BCUT2D eigenvalue weighted by Crippen LogP contribution is -2.28. The van der Waals surface area contributed by atoms with Crippen LogP contribution in [0.15, 0.2) is 0 Å². The largest absolute Gasteiger partial charge is 0.462 e. The minimum Gasteiger partial charge on any atom is -0.462 e. The van der Waals surface area contributed by atoms with Gasteiger partial charge in [0.25, 0.3) is 0 Å². The summed E-state index contributed by atoms with van der Waals surface area (Å²) in [5.74, 6) is 1.09. The molecule has 5 nitrogen and oxygen atoms in total. The number of carbonyl (C=O) groups is 2. The number of aliphatic hydroxyl groups is 1. The molecule has 0 aromatic heterocycles. The molecule has 0 spiro atoms. The number of esters is 2. The molecule has 0 heterocycles. The van der Waals surface area contributed by atoms with Crippen molar-refractivity contribution in [1.82, 2.24) is 0 Å². The summed E-state index contributed by atoms with van der Waals surface area (Å²) in [5, 5.41) is 9.54. The van der Waals surface area contributed by atoms with Gasteiger partial charge in [-0.2, -0.15) is 0 Å². The topological polar surface area (TPSA) is 72.8 Å². The van der Waals surface area contributed by atoms with Gasteiger partial charge < -0.3 is 14.6 Å². The van der Waals surface area contributed by atoms with Crippen molar-refractivity contribution < 1.29 is 24.2 Å². The molecule has 0 rings (SSSR count). The van der Waals surface area contributed by atoms with E-state index in [0.717, 1.165) is 43.9 Å². The Labute approximate surface area is 287 Å². The van der Waals surface area contributed by atoms with Crippen molar-refractivity contribution in [2.45, 2.75) is 226 Å². The van der Waals surface area contributed by atoms with E-state index in [9.17, 15) is 14.7 Å². The molecule has 0 aliphatic carbocycles.